The van der Waals surface area contributed by atoms with Crippen molar-refractivity contribution in [3.05, 3.63) is 35.9 Å². The largest absolute Gasteiger partial charge is 0.467 e. The molecule has 2 aliphatic rings. The molecule has 3 rings (SSSR count). The molecule has 7 nitrogen and oxygen atoms in total. The molecule has 0 aromatic heterocycles. The van der Waals surface area contributed by atoms with Crippen LogP contribution in [0, 0.1) is 0 Å². The zero-order chi connectivity index (χ0) is 17.3. The first kappa shape index (κ1) is 17.3. The van der Waals surface area contributed by atoms with Gasteiger partial charge in [0.05, 0.1) is 13.7 Å². The number of benzene rings is 1. The van der Waals surface area contributed by atoms with Crippen LogP contribution >= 0.6 is 0 Å². The molecule has 7 heteroatoms. The van der Waals surface area contributed by atoms with Crippen LogP contribution in [0.25, 0.3) is 0 Å². The van der Waals surface area contributed by atoms with Gasteiger partial charge in [-0.15, -0.1) is 0 Å². The van der Waals surface area contributed by atoms with Crippen molar-refractivity contribution in [2.24, 2.45) is 0 Å². The molecule has 1 N–H and O–H groups in total. The van der Waals surface area contributed by atoms with Crippen LogP contribution in [-0.2, 0) is 35.1 Å². The van der Waals surface area contributed by atoms with Crippen molar-refractivity contribution in [2.45, 2.75) is 56.9 Å². The van der Waals surface area contributed by atoms with Crippen LogP contribution in [0.4, 0.5) is 0 Å². The molecule has 0 radical (unpaired) electrons. The normalized spacial score (nSPS) is 34.6. The highest BCUT2D eigenvalue weighted by Gasteiger charge is 2.56. The van der Waals surface area contributed by atoms with Crippen molar-refractivity contribution in [3.8, 4) is 0 Å². The van der Waals surface area contributed by atoms with Crippen molar-refractivity contribution >= 4 is 5.97 Å². The topological polar surface area (TPSA) is 83.5 Å². The van der Waals surface area contributed by atoms with E-state index in [-0.39, 0.29) is 6.61 Å². The standard InChI is InChI=1S/C17H22O7/c1-17(2)23-14-12(21-9-10-7-5-4-6-8-10)11(18)13(15(19)20-3)22-16(14)24-17/h4-8,11-14,16,18H,9H2,1-3H3/t11?,12-,13?,14+,16+/m0/s1. The van der Waals surface area contributed by atoms with E-state index >= 15 is 0 Å². The van der Waals surface area contributed by atoms with Crippen LogP contribution in [0.1, 0.15) is 19.4 Å². The minimum Gasteiger partial charge on any atom is -0.467 e. The van der Waals surface area contributed by atoms with Gasteiger partial charge in [-0.05, 0) is 19.4 Å². The molecule has 0 amide bonds. The lowest BCUT2D eigenvalue weighted by Crippen LogP contribution is -2.59. The number of hydrogen-bond donors (Lipinski definition) is 1. The van der Waals surface area contributed by atoms with E-state index in [1.54, 1.807) is 13.8 Å². The van der Waals surface area contributed by atoms with Crippen LogP contribution in [0.5, 0.6) is 0 Å². The van der Waals surface area contributed by atoms with Crippen molar-refractivity contribution in [1.82, 2.24) is 0 Å². The van der Waals surface area contributed by atoms with E-state index in [4.69, 9.17) is 23.7 Å². The SMILES string of the molecule is COC(=O)C1O[C@@H]2OC(C)(C)O[C@@H]2[C@@H](OCc2ccccc2)C1O. The maximum Gasteiger partial charge on any atom is 0.337 e. The molecule has 2 saturated heterocycles. The summed E-state index contributed by atoms with van der Waals surface area (Å²) in [6.07, 6.45) is -4.64. The molecule has 2 heterocycles. The van der Waals surface area contributed by atoms with Gasteiger partial charge in [0.25, 0.3) is 0 Å². The Bertz CT molecular complexity index is 574. The van der Waals surface area contributed by atoms with Crippen LogP contribution in [-0.4, -0.2) is 54.7 Å². The predicted molar refractivity (Wildman–Crippen MR) is 81.7 cm³/mol. The van der Waals surface area contributed by atoms with E-state index in [1.165, 1.54) is 7.11 Å². The number of carbonyl (C=O) groups excluding carboxylic acids is 1. The fourth-order valence-corrected chi connectivity index (χ4v) is 2.95. The summed E-state index contributed by atoms with van der Waals surface area (Å²) in [6.45, 7) is 3.74. The molecule has 0 aliphatic carbocycles. The second-order valence-electron chi connectivity index (χ2n) is 6.30. The Morgan fingerprint density at radius 1 is 1.25 bits per heavy atom. The Kier molecular flexibility index (Phi) is 4.89. The second kappa shape index (κ2) is 6.78. The zero-order valence-electron chi connectivity index (χ0n) is 13.9. The number of aliphatic hydroxyl groups is 1. The second-order valence-corrected chi connectivity index (χ2v) is 6.30. The van der Waals surface area contributed by atoms with Gasteiger partial charge in [-0.3, -0.25) is 0 Å². The number of esters is 1. The molecule has 132 valence electrons. The molecule has 1 aromatic rings. The number of ether oxygens (including phenoxy) is 5. The molecule has 0 bridgehead atoms. The molecular weight excluding hydrogens is 316 g/mol. The number of methoxy groups -OCH3 is 1. The lowest BCUT2D eigenvalue weighted by Gasteiger charge is -2.38. The first-order valence-corrected chi connectivity index (χ1v) is 7.84. The molecule has 24 heavy (non-hydrogen) atoms. The predicted octanol–water partition coefficient (Wildman–Crippen LogP) is 0.982. The average molecular weight is 338 g/mol. The number of carbonyl (C=O) groups is 1. The Balaban J connectivity index is 1.78. The first-order valence-electron chi connectivity index (χ1n) is 7.84. The highest BCUT2D eigenvalue weighted by Crippen LogP contribution is 2.38. The van der Waals surface area contributed by atoms with E-state index in [2.05, 4.69) is 0 Å². The van der Waals surface area contributed by atoms with Crippen LogP contribution in [0.2, 0.25) is 0 Å². The summed E-state index contributed by atoms with van der Waals surface area (Å²) in [4.78, 5) is 11.9. The number of hydrogen-bond acceptors (Lipinski definition) is 7. The van der Waals surface area contributed by atoms with E-state index in [0.717, 1.165) is 5.56 Å². The minimum atomic E-state index is -1.22. The van der Waals surface area contributed by atoms with Crippen molar-refractivity contribution in [1.29, 1.82) is 0 Å². The van der Waals surface area contributed by atoms with Gasteiger partial charge in [-0.2, -0.15) is 0 Å². The number of rotatable bonds is 4. The summed E-state index contributed by atoms with van der Waals surface area (Å²) >= 11 is 0. The Labute approximate surface area is 140 Å². The summed E-state index contributed by atoms with van der Waals surface area (Å²) in [6, 6.07) is 9.54. The smallest absolute Gasteiger partial charge is 0.337 e. The van der Waals surface area contributed by atoms with Gasteiger partial charge < -0.3 is 28.8 Å². The van der Waals surface area contributed by atoms with Gasteiger partial charge in [0.1, 0.15) is 18.3 Å². The van der Waals surface area contributed by atoms with Crippen molar-refractivity contribution < 1.29 is 33.6 Å². The minimum absolute atomic E-state index is 0.267. The Morgan fingerprint density at radius 2 is 1.96 bits per heavy atom. The van der Waals surface area contributed by atoms with Crippen LogP contribution in [0.3, 0.4) is 0 Å². The lowest BCUT2D eigenvalue weighted by molar-refractivity contribution is -0.260. The van der Waals surface area contributed by atoms with Gasteiger partial charge in [0.15, 0.2) is 18.2 Å². The van der Waals surface area contributed by atoms with E-state index in [0.29, 0.717) is 0 Å². The fraction of sp³-hybridized carbons (Fsp3) is 0.588. The highest BCUT2D eigenvalue weighted by atomic mass is 16.8. The van der Waals surface area contributed by atoms with Crippen LogP contribution < -0.4 is 0 Å². The average Bonchev–Trinajstić information content (AvgIpc) is 2.87. The molecular formula is C17H22O7. The van der Waals surface area contributed by atoms with Gasteiger partial charge in [0.2, 0.25) is 0 Å². The van der Waals surface area contributed by atoms with Gasteiger partial charge in [-0.1, -0.05) is 30.3 Å². The lowest BCUT2D eigenvalue weighted by atomic mass is 9.98. The van der Waals surface area contributed by atoms with E-state index < -0.39 is 42.5 Å². The van der Waals surface area contributed by atoms with Crippen molar-refractivity contribution in [3.63, 3.8) is 0 Å². The summed E-state index contributed by atoms with van der Waals surface area (Å²) in [5.74, 6) is -1.57. The molecule has 0 spiro atoms. The van der Waals surface area contributed by atoms with E-state index in [9.17, 15) is 9.90 Å². The molecule has 2 fully saturated rings. The third-order valence-corrected chi connectivity index (χ3v) is 4.06. The molecule has 1 aromatic carbocycles. The molecule has 2 aliphatic heterocycles. The summed E-state index contributed by atoms with van der Waals surface area (Å²) in [5, 5.41) is 10.5. The van der Waals surface area contributed by atoms with Gasteiger partial charge in [0, 0.05) is 0 Å². The number of aliphatic hydroxyl groups excluding tert-OH is 1. The van der Waals surface area contributed by atoms with Gasteiger partial charge >= 0.3 is 5.97 Å². The Morgan fingerprint density at radius 3 is 2.62 bits per heavy atom. The maximum atomic E-state index is 11.9. The summed E-state index contributed by atoms with van der Waals surface area (Å²) in [5.41, 5.74) is 0.945. The molecule has 2 unspecified atom stereocenters. The highest BCUT2D eigenvalue weighted by molar-refractivity contribution is 5.75. The monoisotopic (exact) mass is 338 g/mol. The van der Waals surface area contributed by atoms with Crippen LogP contribution in [0.15, 0.2) is 30.3 Å². The maximum absolute atomic E-state index is 11.9. The molecule has 5 atom stereocenters. The third kappa shape index (κ3) is 3.45. The Hall–Kier alpha value is -1.51. The zero-order valence-corrected chi connectivity index (χ0v) is 13.9. The summed E-state index contributed by atoms with van der Waals surface area (Å²) < 4.78 is 27.6. The quantitative estimate of drug-likeness (QED) is 0.819. The van der Waals surface area contributed by atoms with E-state index in [1.807, 2.05) is 30.3 Å². The summed E-state index contributed by atoms with van der Waals surface area (Å²) in [7, 11) is 1.24. The third-order valence-electron chi connectivity index (χ3n) is 4.06. The first-order chi connectivity index (χ1) is 11.4. The van der Waals surface area contributed by atoms with Crippen molar-refractivity contribution in [2.75, 3.05) is 7.11 Å². The van der Waals surface area contributed by atoms with Gasteiger partial charge in [-0.25, -0.2) is 4.79 Å². The number of fused-ring (bicyclic) bond motifs is 1. The molecule has 0 saturated carbocycles. The fourth-order valence-electron chi connectivity index (χ4n) is 2.95.